The Kier molecular flexibility index (Phi) is 6.77. The number of nitrogens with zero attached hydrogens (tertiary/aromatic N) is 2. The van der Waals surface area contributed by atoms with E-state index in [1.165, 1.54) is 18.9 Å². The van der Waals surface area contributed by atoms with E-state index in [4.69, 9.17) is 16.3 Å². The largest absolute Gasteiger partial charge is 0.495 e. The summed E-state index contributed by atoms with van der Waals surface area (Å²) >= 11 is 6.11. The minimum absolute atomic E-state index is 0.156. The third-order valence-corrected chi connectivity index (χ3v) is 3.88. The van der Waals surface area contributed by atoms with Crippen molar-refractivity contribution in [3.8, 4) is 5.75 Å². The number of benzene rings is 1. The first-order chi connectivity index (χ1) is 12.0. The number of aromatic nitrogens is 1. The number of halogens is 1. The quantitative estimate of drug-likeness (QED) is 0.823. The van der Waals surface area contributed by atoms with Crippen molar-refractivity contribution in [1.29, 1.82) is 0 Å². The van der Waals surface area contributed by atoms with E-state index < -0.39 is 0 Å². The highest BCUT2D eigenvalue weighted by atomic mass is 35.5. The number of pyridine rings is 1. The van der Waals surface area contributed by atoms with Gasteiger partial charge in [0.1, 0.15) is 5.75 Å². The number of hydrogen-bond acceptors (Lipinski definition) is 4. The molecule has 0 aliphatic rings. The second-order valence-electron chi connectivity index (χ2n) is 5.34. The number of carbonyl (C=O) groups is 2. The van der Waals surface area contributed by atoms with Gasteiger partial charge in [0.25, 0.3) is 0 Å². The maximum Gasteiger partial charge on any atom is 0.223 e. The molecule has 1 aromatic heterocycles. The zero-order valence-electron chi connectivity index (χ0n) is 14.2. The van der Waals surface area contributed by atoms with Crippen LogP contribution in [0, 0.1) is 0 Å². The summed E-state index contributed by atoms with van der Waals surface area (Å²) in [5.74, 6) is 0.206. The molecule has 0 aliphatic heterocycles. The molecule has 2 aromatic rings. The van der Waals surface area contributed by atoms with Crippen molar-refractivity contribution in [3.63, 3.8) is 0 Å². The normalized spacial score (nSPS) is 10.2. The fourth-order valence-electron chi connectivity index (χ4n) is 2.29. The number of anilines is 1. The molecule has 2 amide bonds. The lowest BCUT2D eigenvalue weighted by Crippen LogP contribution is -2.33. The molecule has 25 heavy (non-hydrogen) atoms. The molecule has 7 heteroatoms. The Hall–Kier alpha value is -2.60. The molecule has 1 aromatic carbocycles. The van der Waals surface area contributed by atoms with E-state index in [-0.39, 0.29) is 24.8 Å². The van der Waals surface area contributed by atoms with Crippen molar-refractivity contribution >= 4 is 29.1 Å². The van der Waals surface area contributed by atoms with Gasteiger partial charge in [-0.15, -0.1) is 0 Å². The molecular formula is C18H20ClN3O3. The fourth-order valence-corrected chi connectivity index (χ4v) is 2.54. The monoisotopic (exact) mass is 361 g/mol. The predicted octanol–water partition coefficient (Wildman–Crippen LogP) is 2.80. The molecule has 6 nitrogen and oxygen atoms in total. The average Bonchev–Trinajstić information content (AvgIpc) is 2.61. The van der Waals surface area contributed by atoms with Gasteiger partial charge >= 0.3 is 0 Å². The van der Waals surface area contributed by atoms with Gasteiger partial charge in [-0.2, -0.15) is 0 Å². The maximum absolute atomic E-state index is 12.0. The minimum Gasteiger partial charge on any atom is -0.495 e. The molecule has 1 heterocycles. The summed E-state index contributed by atoms with van der Waals surface area (Å²) in [6.07, 6.45) is 1.85. The number of methoxy groups -OCH3 is 1. The van der Waals surface area contributed by atoms with Crippen LogP contribution in [0.5, 0.6) is 5.75 Å². The highest BCUT2D eigenvalue weighted by Crippen LogP contribution is 2.29. The van der Waals surface area contributed by atoms with E-state index in [1.807, 2.05) is 18.2 Å². The molecule has 0 fully saturated rings. The average molecular weight is 362 g/mol. The van der Waals surface area contributed by atoms with Gasteiger partial charge in [0.05, 0.1) is 24.4 Å². The van der Waals surface area contributed by atoms with Crippen LogP contribution in [0.1, 0.15) is 19.0 Å². The topological polar surface area (TPSA) is 71.5 Å². The lowest BCUT2D eigenvalue weighted by atomic mass is 10.2. The van der Waals surface area contributed by atoms with Crippen LogP contribution in [0.4, 0.5) is 5.69 Å². The summed E-state index contributed by atoms with van der Waals surface area (Å²) in [5, 5.41) is 3.20. The molecule has 0 saturated heterocycles. The summed E-state index contributed by atoms with van der Waals surface area (Å²) in [5.41, 5.74) is 1.40. The van der Waals surface area contributed by atoms with Crippen molar-refractivity contribution in [3.05, 3.63) is 53.3 Å². The third-order valence-electron chi connectivity index (χ3n) is 3.58. The van der Waals surface area contributed by atoms with Gasteiger partial charge in [-0.25, -0.2) is 0 Å². The summed E-state index contributed by atoms with van der Waals surface area (Å²) in [6, 6.07) is 10.6. The minimum atomic E-state index is -0.168. The zero-order chi connectivity index (χ0) is 18.2. The standard InChI is InChI=1S/C18H20ClN3O3/c1-13(23)22(15-6-7-17(25-2)16(19)11-15)10-8-18(24)21-12-14-5-3-4-9-20-14/h3-7,9,11H,8,10,12H2,1-2H3,(H,21,24). The van der Waals surface area contributed by atoms with E-state index in [0.29, 0.717) is 23.0 Å². The molecule has 0 aliphatic carbocycles. The van der Waals surface area contributed by atoms with Crippen molar-refractivity contribution in [2.24, 2.45) is 0 Å². The van der Waals surface area contributed by atoms with Gasteiger partial charge < -0.3 is 15.0 Å². The number of amides is 2. The number of carbonyl (C=O) groups excluding carboxylic acids is 2. The smallest absolute Gasteiger partial charge is 0.223 e. The first kappa shape index (κ1) is 18.7. The van der Waals surface area contributed by atoms with Crippen molar-refractivity contribution < 1.29 is 14.3 Å². The highest BCUT2D eigenvalue weighted by molar-refractivity contribution is 6.32. The van der Waals surface area contributed by atoms with E-state index in [2.05, 4.69) is 10.3 Å². The molecule has 1 N–H and O–H groups in total. The molecule has 0 atom stereocenters. The number of hydrogen-bond donors (Lipinski definition) is 1. The molecule has 0 spiro atoms. The summed E-state index contributed by atoms with van der Waals surface area (Å²) in [4.78, 5) is 29.6. The summed E-state index contributed by atoms with van der Waals surface area (Å²) < 4.78 is 5.11. The second-order valence-corrected chi connectivity index (χ2v) is 5.74. The Morgan fingerprint density at radius 2 is 2.08 bits per heavy atom. The van der Waals surface area contributed by atoms with Crippen LogP contribution in [-0.4, -0.2) is 30.5 Å². The molecule has 0 saturated carbocycles. The fraction of sp³-hybridized carbons (Fsp3) is 0.278. The lowest BCUT2D eigenvalue weighted by Gasteiger charge is -2.21. The van der Waals surface area contributed by atoms with Gasteiger partial charge in [0.2, 0.25) is 11.8 Å². The molecular weight excluding hydrogens is 342 g/mol. The van der Waals surface area contributed by atoms with Gasteiger partial charge in [-0.3, -0.25) is 14.6 Å². The first-order valence-electron chi connectivity index (χ1n) is 7.79. The highest BCUT2D eigenvalue weighted by Gasteiger charge is 2.15. The van der Waals surface area contributed by atoms with Crippen LogP contribution in [0.2, 0.25) is 5.02 Å². The second kappa shape index (κ2) is 9.03. The molecule has 0 bridgehead atoms. The van der Waals surface area contributed by atoms with Crippen LogP contribution < -0.4 is 15.0 Å². The predicted molar refractivity (Wildman–Crippen MR) is 96.7 cm³/mol. The molecule has 2 rings (SSSR count). The van der Waals surface area contributed by atoms with Crippen molar-refractivity contribution in [1.82, 2.24) is 10.3 Å². The van der Waals surface area contributed by atoms with E-state index in [0.717, 1.165) is 5.69 Å². The summed E-state index contributed by atoms with van der Waals surface area (Å²) in [6.45, 7) is 2.06. The summed E-state index contributed by atoms with van der Waals surface area (Å²) in [7, 11) is 1.52. The first-order valence-corrected chi connectivity index (χ1v) is 8.17. The number of nitrogens with one attached hydrogen (secondary N) is 1. The van der Waals surface area contributed by atoms with Gasteiger partial charge in [-0.1, -0.05) is 17.7 Å². The van der Waals surface area contributed by atoms with E-state index in [9.17, 15) is 9.59 Å². The van der Waals surface area contributed by atoms with E-state index >= 15 is 0 Å². The van der Waals surface area contributed by atoms with Gasteiger partial charge in [0.15, 0.2) is 0 Å². The van der Waals surface area contributed by atoms with Crippen LogP contribution in [-0.2, 0) is 16.1 Å². The Bertz CT molecular complexity index is 738. The van der Waals surface area contributed by atoms with Crippen LogP contribution in [0.3, 0.4) is 0 Å². The van der Waals surface area contributed by atoms with Crippen LogP contribution in [0.25, 0.3) is 0 Å². The molecule has 132 valence electrons. The van der Waals surface area contributed by atoms with Crippen LogP contribution in [0.15, 0.2) is 42.6 Å². The van der Waals surface area contributed by atoms with E-state index in [1.54, 1.807) is 24.4 Å². The van der Waals surface area contributed by atoms with Crippen molar-refractivity contribution in [2.45, 2.75) is 19.9 Å². The third kappa shape index (κ3) is 5.46. The Labute approximate surface area is 151 Å². The SMILES string of the molecule is COc1ccc(N(CCC(=O)NCc2ccccn2)C(C)=O)cc1Cl. The number of ether oxygens (including phenoxy) is 1. The van der Waals surface area contributed by atoms with Crippen molar-refractivity contribution in [2.75, 3.05) is 18.6 Å². The lowest BCUT2D eigenvalue weighted by molar-refractivity contribution is -0.121. The van der Waals surface area contributed by atoms with Gasteiger partial charge in [-0.05, 0) is 30.3 Å². The number of rotatable bonds is 7. The molecule has 0 unspecified atom stereocenters. The van der Waals surface area contributed by atoms with Crippen LogP contribution >= 0.6 is 11.6 Å². The Morgan fingerprint density at radius 1 is 1.28 bits per heavy atom. The Morgan fingerprint density at radius 3 is 2.68 bits per heavy atom. The van der Waals surface area contributed by atoms with Gasteiger partial charge in [0, 0.05) is 31.8 Å². The molecule has 0 radical (unpaired) electrons. The Balaban J connectivity index is 1.94. The maximum atomic E-state index is 12.0. The zero-order valence-corrected chi connectivity index (χ0v) is 14.9.